The van der Waals surface area contributed by atoms with Gasteiger partial charge in [-0.15, -0.1) is 0 Å². The largest absolute Gasteiger partial charge is 0.308 e. The molecule has 1 amide bonds. The van der Waals surface area contributed by atoms with Gasteiger partial charge in [0.25, 0.3) is 0 Å². The Bertz CT molecular complexity index is 1200. The number of sulfonamides is 1. The topological polar surface area (TPSA) is 57.7 Å². The predicted octanol–water partition coefficient (Wildman–Crippen LogP) is 4.55. The minimum atomic E-state index is -3.88. The summed E-state index contributed by atoms with van der Waals surface area (Å²) in [5, 5.41) is 0.457. The molecule has 5 nitrogen and oxygen atoms in total. The molecule has 32 heavy (non-hydrogen) atoms. The van der Waals surface area contributed by atoms with E-state index in [0.29, 0.717) is 11.4 Å². The van der Waals surface area contributed by atoms with Crippen LogP contribution in [0.2, 0.25) is 5.02 Å². The van der Waals surface area contributed by atoms with E-state index < -0.39 is 10.0 Å². The quantitative estimate of drug-likeness (QED) is 0.511. The number of hydrogen-bond donors (Lipinski definition) is 0. The molecule has 1 unspecified atom stereocenters. The van der Waals surface area contributed by atoms with E-state index in [-0.39, 0.29) is 29.9 Å². The van der Waals surface area contributed by atoms with E-state index in [0.717, 1.165) is 23.2 Å². The van der Waals surface area contributed by atoms with Crippen molar-refractivity contribution < 1.29 is 13.2 Å². The van der Waals surface area contributed by atoms with Crippen LogP contribution in [0, 0.1) is 0 Å². The number of halogens is 1. The summed E-state index contributed by atoms with van der Waals surface area (Å²) < 4.78 is 28.2. The summed E-state index contributed by atoms with van der Waals surface area (Å²) in [5.74, 6) is -0.229. The molecule has 3 aromatic rings. The molecule has 0 radical (unpaired) electrons. The molecule has 4 rings (SSSR count). The highest BCUT2D eigenvalue weighted by atomic mass is 35.5. The summed E-state index contributed by atoms with van der Waals surface area (Å²) in [6, 6.07) is 23.5. The van der Waals surface area contributed by atoms with Gasteiger partial charge in [0, 0.05) is 23.3 Å². The van der Waals surface area contributed by atoms with Gasteiger partial charge in [-0.2, -0.15) is 4.31 Å². The number of amides is 1. The van der Waals surface area contributed by atoms with Crippen molar-refractivity contribution in [3.05, 3.63) is 95.0 Å². The third-order valence-corrected chi connectivity index (χ3v) is 7.84. The Labute approximate surface area is 194 Å². The first-order chi connectivity index (χ1) is 15.4. The van der Waals surface area contributed by atoms with Crippen LogP contribution in [0.15, 0.2) is 83.8 Å². The van der Waals surface area contributed by atoms with Gasteiger partial charge in [0.05, 0.1) is 11.4 Å². The normalized spacial score (nSPS) is 15.7. The maximum atomic E-state index is 13.5. The molecule has 1 aliphatic rings. The minimum Gasteiger partial charge on any atom is -0.308 e. The molecule has 1 aliphatic heterocycles. The van der Waals surface area contributed by atoms with Gasteiger partial charge in [-0.05, 0) is 61.2 Å². The van der Waals surface area contributed by atoms with Crippen LogP contribution in [-0.4, -0.2) is 37.8 Å². The summed E-state index contributed by atoms with van der Waals surface area (Å²) in [4.78, 5) is 15.2. The highest BCUT2D eigenvalue weighted by Gasteiger charge is 2.34. The molecule has 3 aromatic carbocycles. The first-order valence-corrected chi connectivity index (χ1v) is 12.4. The second-order valence-electron chi connectivity index (χ2n) is 7.97. The minimum absolute atomic E-state index is 0.0193. The Morgan fingerprint density at radius 2 is 1.66 bits per heavy atom. The summed E-state index contributed by atoms with van der Waals surface area (Å²) >= 11 is 5.95. The zero-order valence-corrected chi connectivity index (χ0v) is 19.4. The smallest absolute Gasteiger partial charge is 0.243 e. The van der Waals surface area contributed by atoms with Crippen LogP contribution < -0.4 is 4.90 Å². The van der Waals surface area contributed by atoms with Crippen molar-refractivity contribution in [2.45, 2.75) is 30.7 Å². The van der Waals surface area contributed by atoms with Crippen LogP contribution in [0.3, 0.4) is 0 Å². The first kappa shape index (κ1) is 22.5. The number of hydrogen-bond acceptors (Lipinski definition) is 3. The average Bonchev–Trinajstić information content (AvgIpc) is 3.13. The molecule has 0 bridgehead atoms. The molecule has 0 N–H and O–H groups in total. The van der Waals surface area contributed by atoms with Crippen LogP contribution >= 0.6 is 11.6 Å². The zero-order chi connectivity index (χ0) is 22.7. The van der Waals surface area contributed by atoms with Crippen molar-refractivity contribution in [1.82, 2.24) is 4.31 Å². The fraction of sp³-hybridized carbons (Fsp3) is 0.240. The average molecular weight is 469 g/mol. The fourth-order valence-corrected chi connectivity index (χ4v) is 5.63. The molecule has 0 aliphatic carbocycles. The van der Waals surface area contributed by atoms with Crippen LogP contribution in [0.1, 0.15) is 18.1 Å². The molecule has 0 spiro atoms. The van der Waals surface area contributed by atoms with Crippen LogP contribution in [-0.2, 0) is 27.7 Å². The van der Waals surface area contributed by atoms with Gasteiger partial charge in [-0.25, -0.2) is 8.42 Å². The third kappa shape index (κ3) is 4.72. The van der Waals surface area contributed by atoms with E-state index in [2.05, 4.69) is 0 Å². The molecule has 0 aromatic heterocycles. The molecule has 7 heteroatoms. The van der Waals surface area contributed by atoms with Crippen molar-refractivity contribution in [3.63, 3.8) is 0 Å². The predicted molar refractivity (Wildman–Crippen MR) is 127 cm³/mol. The van der Waals surface area contributed by atoms with E-state index in [1.807, 2.05) is 61.5 Å². The lowest BCUT2D eigenvalue weighted by atomic mass is 10.1. The number of carbonyl (C=O) groups is 1. The number of benzene rings is 3. The Morgan fingerprint density at radius 3 is 2.38 bits per heavy atom. The van der Waals surface area contributed by atoms with Crippen LogP contribution in [0.4, 0.5) is 5.69 Å². The van der Waals surface area contributed by atoms with Crippen molar-refractivity contribution >= 4 is 33.2 Å². The van der Waals surface area contributed by atoms with Gasteiger partial charge in [0.15, 0.2) is 0 Å². The number of carbonyl (C=O) groups excluding carboxylic acids is 1. The molecule has 166 valence electrons. The Balaban J connectivity index is 1.61. The molecule has 0 fully saturated rings. The molecule has 1 atom stereocenters. The number of nitrogens with zero attached hydrogens (tertiary/aromatic N) is 2. The number of fused-ring (bicyclic) bond motifs is 1. The summed E-state index contributed by atoms with van der Waals surface area (Å²) in [7, 11) is -3.88. The fourth-order valence-electron chi connectivity index (χ4n) is 4.11. The summed E-state index contributed by atoms with van der Waals surface area (Å²) in [5.41, 5.74) is 2.97. The lowest BCUT2D eigenvalue weighted by molar-refractivity contribution is -0.119. The molecule has 1 heterocycles. The molecular formula is C25H25ClN2O3S. The summed E-state index contributed by atoms with van der Waals surface area (Å²) in [6.07, 6.45) is 1.27. The van der Waals surface area contributed by atoms with E-state index in [4.69, 9.17) is 11.6 Å². The lowest BCUT2D eigenvalue weighted by Crippen LogP contribution is -2.45. The SMILES string of the molecule is CC1Cc2ccccc2N1C(=O)CN(CCc1ccccc1)S(=O)(=O)c1ccc(Cl)cc1. The van der Waals surface area contributed by atoms with Gasteiger partial charge < -0.3 is 4.90 Å². The number of rotatable bonds is 7. The Morgan fingerprint density at radius 1 is 1.00 bits per heavy atom. The first-order valence-electron chi connectivity index (χ1n) is 10.6. The van der Waals surface area contributed by atoms with Crippen LogP contribution in [0.25, 0.3) is 0 Å². The molecular weight excluding hydrogens is 444 g/mol. The van der Waals surface area contributed by atoms with Crippen molar-refractivity contribution in [3.8, 4) is 0 Å². The Kier molecular flexibility index (Phi) is 6.65. The van der Waals surface area contributed by atoms with Gasteiger partial charge in [0.1, 0.15) is 0 Å². The lowest BCUT2D eigenvalue weighted by Gasteiger charge is -2.27. The maximum absolute atomic E-state index is 13.5. The molecule has 0 saturated carbocycles. The third-order valence-electron chi connectivity index (χ3n) is 5.73. The zero-order valence-electron chi connectivity index (χ0n) is 17.8. The van der Waals surface area contributed by atoms with Crippen molar-refractivity contribution in [1.29, 1.82) is 0 Å². The number of anilines is 1. The van der Waals surface area contributed by atoms with E-state index in [1.165, 1.54) is 16.4 Å². The van der Waals surface area contributed by atoms with E-state index >= 15 is 0 Å². The second kappa shape index (κ2) is 9.45. The van der Waals surface area contributed by atoms with Gasteiger partial charge in [-0.3, -0.25) is 4.79 Å². The van der Waals surface area contributed by atoms with E-state index in [1.54, 1.807) is 17.0 Å². The Hall–Kier alpha value is -2.67. The highest BCUT2D eigenvalue weighted by Crippen LogP contribution is 2.32. The standard InChI is InChI=1S/C25H25ClN2O3S/c1-19-17-21-9-5-6-10-24(21)28(19)25(29)18-27(16-15-20-7-3-2-4-8-20)32(30,31)23-13-11-22(26)12-14-23/h2-14,19H,15-18H2,1H3. The second-order valence-corrected chi connectivity index (χ2v) is 10.3. The van der Waals surface area contributed by atoms with Crippen LogP contribution in [0.5, 0.6) is 0 Å². The number of para-hydroxylation sites is 1. The maximum Gasteiger partial charge on any atom is 0.243 e. The van der Waals surface area contributed by atoms with Gasteiger partial charge in [0.2, 0.25) is 15.9 Å². The van der Waals surface area contributed by atoms with Crippen molar-refractivity contribution in [2.24, 2.45) is 0 Å². The van der Waals surface area contributed by atoms with E-state index in [9.17, 15) is 13.2 Å². The van der Waals surface area contributed by atoms with Gasteiger partial charge in [-0.1, -0.05) is 60.1 Å². The van der Waals surface area contributed by atoms with Crippen molar-refractivity contribution in [2.75, 3.05) is 18.0 Å². The summed E-state index contributed by atoms with van der Waals surface area (Å²) in [6.45, 7) is 1.96. The monoisotopic (exact) mass is 468 g/mol. The van der Waals surface area contributed by atoms with Gasteiger partial charge >= 0.3 is 0 Å². The molecule has 0 saturated heterocycles. The highest BCUT2D eigenvalue weighted by molar-refractivity contribution is 7.89.